The lowest BCUT2D eigenvalue weighted by Crippen LogP contribution is -2.41. The molecule has 0 saturated heterocycles. The molecule has 0 aliphatic rings. The van der Waals surface area contributed by atoms with Gasteiger partial charge in [0.2, 0.25) is 11.8 Å². The lowest BCUT2D eigenvalue weighted by atomic mass is 9.82. The molecule has 4 nitrogen and oxygen atoms in total. The molecule has 0 fully saturated rings. The van der Waals surface area contributed by atoms with Crippen LogP contribution in [0.5, 0.6) is 0 Å². The summed E-state index contributed by atoms with van der Waals surface area (Å²) in [5.41, 5.74) is 0. The van der Waals surface area contributed by atoms with E-state index >= 15 is 0 Å². The predicted octanol–water partition coefficient (Wildman–Crippen LogP) is 8.24. The molecular formula is C30H60N2O2. The third-order valence-corrected chi connectivity index (χ3v) is 7.24. The summed E-state index contributed by atoms with van der Waals surface area (Å²) in [5, 5.41) is 0. The molecule has 0 radical (unpaired) electrons. The van der Waals surface area contributed by atoms with Gasteiger partial charge in [-0.2, -0.15) is 0 Å². The van der Waals surface area contributed by atoms with Crippen molar-refractivity contribution >= 4 is 11.8 Å². The minimum absolute atomic E-state index is 0.134. The molecule has 0 aromatic rings. The minimum Gasteiger partial charge on any atom is -0.349 e. The average molecular weight is 481 g/mol. The standard InChI is InChI=1S/C30H60N2O2/c1-7-9-11-13-15-17-18-20-22-24-26-28(30(34)32(5)6)27(29(33)31(3)4)25-23-21-19-16-14-12-10-8-2/h27-28H,7-26H2,1-6H3. The normalized spacial score (nSPS) is 13.0. The first-order valence-corrected chi connectivity index (χ1v) is 14.8. The van der Waals surface area contributed by atoms with Crippen molar-refractivity contribution < 1.29 is 9.59 Å². The quantitative estimate of drug-likeness (QED) is 0.138. The second-order valence-electron chi connectivity index (χ2n) is 10.9. The summed E-state index contributed by atoms with van der Waals surface area (Å²) >= 11 is 0. The van der Waals surface area contributed by atoms with Crippen molar-refractivity contribution in [2.75, 3.05) is 28.2 Å². The Bertz CT molecular complexity index is 490. The van der Waals surface area contributed by atoms with Crippen molar-refractivity contribution in [3.63, 3.8) is 0 Å². The van der Waals surface area contributed by atoms with Crippen LogP contribution < -0.4 is 0 Å². The highest BCUT2D eigenvalue weighted by atomic mass is 16.2. The Balaban J connectivity index is 4.61. The van der Waals surface area contributed by atoms with E-state index in [0.717, 1.165) is 25.7 Å². The minimum atomic E-state index is -0.177. The molecular weight excluding hydrogens is 420 g/mol. The van der Waals surface area contributed by atoms with Gasteiger partial charge in [-0.25, -0.2) is 0 Å². The third kappa shape index (κ3) is 16.5. The highest BCUT2D eigenvalue weighted by Gasteiger charge is 2.34. The molecule has 0 N–H and O–H groups in total. The van der Waals surface area contributed by atoms with Crippen LogP contribution in [0.2, 0.25) is 0 Å². The Morgan fingerprint density at radius 1 is 0.441 bits per heavy atom. The summed E-state index contributed by atoms with van der Waals surface area (Å²) in [6, 6.07) is 0. The van der Waals surface area contributed by atoms with Crippen LogP contribution in [0.4, 0.5) is 0 Å². The predicted molar refractivity (Wildman–Crippen MR) is 148 cm³/mol. The zero-order valence-electron chi connectivity index (χ0n) is 24.0. The first-order chi connectivity index (χ1) is 16.4. The van der Waals surface area contributed by atoms with Gasteiger partial charge in [0, 0.05) is 40.0 Å². The number of amides is 2. The van der Waals surface area contributed by atoms with Crippen LogP contribution in [-0.2, 0) is 9.59 Å². The van der Waals surface area contributed by atoms with Crippen molar-refractivity contribution in [3.05, 3.63) is 0 Å². The van der Waals surface area contributed by atoms with E-state index in [4.69, 9.17) is 0 Å². The molecule has 0 aromatic carbocycles. The Morgan fingerprint density at radius 2 is 0.676 bits per heavy atom. The maximum Gasteiger partial charge on any atom is 0.225 e. The van der Waals surface area contributed by atoms with Crippen molar-refractivity contribution in [3.8, 4) is 0 Å². The Kier molecular flexibility index (Phi) is 21.7. The first kappa shape index (κ1) is 32.9. The molecule has 4 heteroatoms. The summed E-state index contributed by atoms with van der Waals surface area (Å²) in [6.07, 6.45) is 24.7. The fraction of sp³-hybridized carbons (Fsp3) is 0.933. The molecule has 202 valence electrons. The van der Waals surface area contributed by atoms with E-state index in [1.165, 1.54) is 103 Å². The number of hydrogen-bond donors (Lipinski definition) is 0. The van der Waals surface area contributed by atoms with E-state index in [1.54, 1.807) is 9.80 Å². The Morgan fingerprint density at radius 3 is 0.912 bits per heavy atom. The van der Waals surface area contributed by atoms with Gasteiger partial charge in [-0.05, 0) is 12.8 Å². The average Bonchev–Trinajstić information content (AvgIpc) is 2.81. The van der Waals surface area contributed by atoms with Gasteiger partial charge in [-0.3, -0.25) is 9.59 Å². The van der Waals surface area contributed by atoms with Gasteiger partial charge in [0.05, 0.1) is 0 Å². The smallest absolute Gasteiger partial charge is 0.225 e. The van der Waals surface area contributed by atoms with Gasteiger partial charge < -0.3 is 9.80 Å². The zero-order valence-corrected chi connectivity index (χ0v) is 24.0. The molecule has 0 heterocycles. The largest absolute Gasteiger partial charge is 0.349 e. The summed E-state index contributed by atoms with van der Waals surface area (Å²) in [4.78, 5) is 29.6. The lowest BCUT2D eigenvalue weighted by Gasteiger charge is -2.30. The first-order valence-electron chi connectivity index (χ1n) is 14.8. The van der Waals surface area contributed by atoms with E-state index in [2.05, 4.69) is 13.8 Å². The summed E-state index contributed by atoms with van der Waals surface area (Å²) < 4.78 is 0. The second-order valence-corrected chi connectivity index (χ2v) is 10.9. The van der Waals surface area contributed by atoms with Crippen LogP contribution >= 0.6 is 0 Å². The van der Waals surface area contributed by atoms with Crippen molar-refractivity contribution in [2.24, 2.45) is 11.8 Å². The molecule has 0 aromatic heterocycles. The topological polar surface area (TPSA) is 40.6 Å². The monoisotopic (exact) mass is 480 g/mol. The number of rotatable bonds is 23. The fourth-order valence-corrected chi connectivity index (χ4v) is 5.01. The van der Waals surface area contributed by atoms with Crippen LogP contribution in [0, 0.1) is 11.8 Å². The van der Waals surface area contributed by atoms with Gasteiger partial charge in [0.25, 0.3) is 0 Å². The molecule has 34 heavy (non-hydrogen) atoms. The lowest BCUT2D eigenvalue weighted by molar-refractivity contribution is -0.144. The Labute approximate surface area is 213 Å². The van der Waals surface area contributed by atoms with E-state index in [1.807, 2.05) is 28.2 Å². The van der Waals surface area contributed by atoms with Gasteiger partial charge >= 0.3 is 0 Å². The highest BCUT2D eigenvalue weighted by Crippen LogP contribution is 2.28. The molecule has 0 aliphatic carbocycles. The number of nitrogens with zero attached hydrogens (tertiary/aromatic N) is 2. The maximum atomic E-state index is 13.1. The van der Waals surface area contributed by atoms with Crippen LogP contribution in [0.25, 0.3) is 0 Å². The number of carbonyl (C=O) groups excluding carboxylic acids is 2. The molecule has 0 spiro atoms. The van der Waals surface area contributed by atoms with Crippen LogP contribution in [-0.4, -0.2) is 49.8 Å². The van der Waals surface area contributed by atoms with Gasteiger partial charge in [0.1, 0.15) is 0 Å². The fourth-order valence-electron chi connectivity index (χ4n) is 5.01. The van der Waals surface area contributed by atoms with Gasteiger partial charge in [-0.15, -0.1) is 0 Å². The number of unbranched alkanes of at least 4 members (excludes halogenated alkanes) is 16. The molecule has 0 bridgehead atoms. The summed E-state index contributed by atoms with van der Waals surface area (Å²) in [7, 11) is 7.34. The summed E-state index contributed by atoms with van der Waals surface area (Å²) in [6.45, 7) is 4.52. The molecule has 2 atom stereocenters. The van der Waals surface area contributed by atoms with Crippen LogP contribution in [0.15, 0.2) is 0 Å². The van der Waals surface area contributed by atoms with E-state index in [0.29, 0.717) is 0 Å². The number of carbonyl (C=O) groups is 2. The summed E-state index contributed by atoms with van der Waals surface area (Å²) in [5.74, 6) is -0.0852. The maximum absolute atomic E-state index is 13.1. The molecule has 0 saturated carbocycles. The van der Waals surface area contributed by atoms with E-state index < -0.39 is 0 Å². The van der Waals surface area contributed by atoms with Gasteiger partial charge in [0.15, 0.2) is 0 Å². The van der Waals surface area contributed by atoms with E-state index in [-0.39, 0.29) is 23.7 Å². The zero-order chi connectivity index (χ0) is 25.6. The van der Waals surface area contributed by atoms with Gasteiger partial charge in [-0.1, -0.05) is 129 Å². The molecule has 0 aliphatic heterocycles. The molecule has 2 unspecified atom stereocenters. The number of hydrogen-bond acceptors (Lipinski definition) is 2. The second kappa shape index (κ2) is 22.4. The van der Waals surface area contributed by atoms with Crippen molar-refractivity contribution in [1.82, 2.24) is 9.80 Å². The SMILES string of the molecule is CCCCCCCCCCCCC(C(=O)N(C)C)C(CCCCCCCCCC)C(=O)N(C)C. The van der Waals surface area contributed by atoms with Crippen LogP contribution in [0.3, 0.4) is 0 Å². The highest BCUT2D eigenvalue weighted by molar-refractivity contribution is 5.87. The molecule has 2 amide bonds. The van der Waals surface area contributed by atoms with E-state index in [9.17, 15) is 9.59 Å². The van der Waals surface area contributed by atoms with Crippen molar-refractivity contribution in [2.45, 2.75) is 142 Å². The molecule has 0 rings (SSSR count). The Hall–Kier alpha value is -1.06. The van der Waals surface area contributed by atoms with Crippen LogP contribution in [0.1, 0.15) is 142 Å². The van der Waals surface area contributed by atoms with Crippen molar-refractivity contribution in [1.29, 1.82) is 0 Å². The third-order valence-electron chi connectivity index (χ3n) is 7.24.